The van der Waals surface area contributed by atoms with Crippen molar-refractivity contribution in [2.24, 2.45) is 0 Å². The van der Waals surface area contributed by atoms with Crippen LogP contribution in [-0.2, 0) is 0 Å². The van der Waals surface area contributed by atoms with Crippen molar-refractivity contribution in [3.63, 3.8) is 0 Å². The lowest BCUT2D eigenvalue weighted by Gasteiger charge is -2.22. The van der Waals surface area contributed by atoms with Crippen LogP contribution in [0.4, 0.5) is 0 Å². The number of nitrogens with zero attached hydrogens (tertiary/aromatic N) is 1. The van der Waals surface area contributed by atoms with Crippen molar-refractivity contribution >= 4 is 0 Å². The molecule has 2 nitrogen and oxygen atoms in total. The summed E-state index contributed by atoms with van der Waals surface area (Å²) in [6, 6.07) is 5.17. The van der Waals surface area contributed by atoms with Crippen LogP contribution < -0.4 is 5.32 Å². The average molecular weight is 220 g/mol. The van der Waals surface area contributed by atoms with Gasteiger partial charge in [0.05, 0.1) is 0 Å². The summed E-state index contributed by atoms with van der Waals surface area (Å²) < 4.78 is 0. The van der Waals surface area contributed by atoms with E-state index >= 15 is 0 Å². The lowest BCUT2D eigenvalue weighted by atomic mass is 10.0. The molecule has 1 aromatic heterocycles. The Morgan fingerprint density at radius 1 is 1.38 bits per heavy atom. The summed E-state index contributed by atoms with van der Waals surface area (Å²) in [5, 5.41) is 3.68. The molecular weight excluding hydrogens is 196 g/mol. The number of nitrogens with one attached hydrogen (secondary N) is 1. The Labute approximate surface area is 99.5 Å². The molecule has 0 aliphatic carbocycles. The van der Waals surface area contributed by atoms with Crippen LogP contribution in [-0.4, -0.2) is 11.0 Å². The van der Waals surface area contributed by atoms with Gasteiger partial charge in [0, 0.05) is 24.5 Å². The molecule has 1 rings (SSSR count). The topological polar surface area (TPSA) is 24.9 Å². The van der Waals surface area contributed by atoms with Crippen molar-refractivity contribution in [1.29, 1.82) is 0 Å². The Morgan fingerprint density at radius 2 is 2.19 bits per heavy atom. The minimum absolute atomic E-state index is 0.399. The van der Waals surface area contributed by atoms with Crippen LogP contribution in [0.15, 0.2) is 24.5 Å². The predicted octanol–water partition coefficient (Wildman–Crippen LogP) is 3.70. The zero-order chi connectivity index (χ0) is 11.8. The van der Waals surface area contributed by atoms with Gasteiger partial charge in [0.15, 0.2) is 0 Å². The van der Waals surface area contributed by atoms with E-state index in [0.29, 0.717) is 12.1 Å². The van der Waals surface area contributed by atoms with Crippen LogP contribution in [0.1, 0.15) is 58.1 Å². The van der Waals surface area contributed by atoms with E-state index in [1.54, 1.807) is 0 Å². The molecule has 0 amide bonds. The molecule has 1 aromatic rings. The smallest absolute Gasteiger partial charge is 0.0315 e. The fraction of sp³-hybridized carbons (Fsp3) is 0.643. The zero-order valence-corrected chi connectivity index (χ0v) is 10.7. The fourth-order valence-electron chi connectivity index (χ4n) is 1.94. The van der Waals surface area contributed by atoms with Crippen LogP contribution in [0.25, 0.3) is 0 Å². The van der Waals surface area contributed by atoms with Gasteiger partial charge in [0.2, 0.25) is 0 Å². The molecule has 2 heteroatoms. The first-order valence-corrected chi connectivity index (χ1v) is 6.43. The van der Waals surface area contributed by atoms with Crippen molar-refractivity contribution < 1.29 is 0 Å². The number of pyridine rings is 1. The minimum atomic E-state index is 0.399. The van der Waals surface area contributed by atoms with E-state index in [-0.39, 0.29) is 0 Å². The highest BCUT2D eigenvalue weighted by Crippen LogP contribution is 2.14. The summed E-state index contributed by atoms with van der Waals surface area (Å²) in [6.45, 7) is 6.71. The van der Waals surface area contributed by atoms with Crippen molar-refractivity contribution in [1.82, 2.24) is 10.3 Å². The van der Waals surface area contributed by atoms with Gasteiger partial charge in [0.1, 0.15) is 0 Å². The Morgan fingerprint density at radius 3 is 2.75 bits per heavy atom. The monoisotopic (exact) mass is 220 g/mol. The maximum Gasteiger partial charge on any atom is 0.0315 e. The standard InChI is InChI=1S/C14H24N2/c1-4-6-9-14(5-2)16-12(3)13-8-7-10-15-11-13/h7-8,10-12,14,16H,4-6,9H2,1-3H3/t12-,14?/m1/s1. The van der Waals surface area contributed by atoms with Crippen molar-refractivity contribution in [3.05, 3.63) is 30.1 Å². The van der Waals surface area contributed by atoms with Gasteiger partial charge in [-0.3, -0.25) is 4.98 Å². The molecule has 0 saturated heterocycles. The molecule has 0 aliphatic rings. The third-order valence-electron chi connectivity index (χ3n) is 3.07. The summed E-state index contributed by atoms with van der Waals surface area (Å²) in [6.07, 6.45) is 8.84. The van der Waals surface area contributed by atoms with Crippen molar-refractivity contribution in [2.75, 3.05) is 0 Å². The van der Waals surface area contributed by atoms with E-state index in [2.05, 4.69) is 37.1 Å². The summed E-state index contributed by atoms with van der Waals surface area (Å²) in [5.41, 5.74) is 1.28. The molecular formula is C14H24N2. The van der Waals surface area contributed by atoms with Gasteiger partial charge in [-0.05, 0) is 31.4 Å². The molecule has 1 unspecified atom stereocenters. The normalized spacial score (nSPS) is 14.7. The lowest BCUT2D eigenvalue weighted by molar-refractivity contribution is 0.409. The number of unbranched alkanes of at least 4 members (excludes halogenated alkanes) is 1. The van der Waals surface area contributed by atoms with E-state index in [0.717, 1.165) is 0 Å². The first-order valence-electron chi connectivity index (χ1n) is 6.43. The molecule has 90 valence electrons. The molecule has 16 heavy (non-hydrogen) atoms. The highest BCUT2D eigenvalue weighted by molar-refractivity contribution is 5.12. The Bertz CT molecular complexity index is 271. The maximum atomic E-state index is 4.16. The van der Waals surface area contributed by atoms with E-state index in [4.69, 9.17) is 0 Å². The quantitative estimate of drug-likeness (QED) is 0.758. The van der Waals surface area contributed by atoms with E-state index < -0.39 is 0 Å². The predicted molar refractivity (Wildman–Crippen MR) is 69.4 cm³/mol. The average Bonchev–Trinajstić information content (AvgIpc) is 2.35. The highest BCUT2D eigenvalue weighted by Gasteiger charge is 2.11. The third kappa shape index (κ3) is 4.31. The first kappa shape index (κ1) is 13.2. The first-order chi connectivity index (χ1) is 7.77. The SMILES string of the molecule is CCCCC(CC)N[C@H](C)c1cccnc1. The lowest BCUT2D eigenvalue weighted by Crippen LogP contribution is -2.31. The molecule has 0 saturated carbocycles. The number of aromatic nitrogens is 1. The molecule has 0 fully saturated rings. The minimum Gasteiger partial charge on any atom is -0.307 e. The summed E-state index contributed by atoms with van der Waals surface area (Å²) >= 11 is 0. The van der Waals surface area contributed by atoms with Gasteiger partial charge in [0.25, 0.3) is 0 Å². The molecule has 0 aromatic carbocycles. The number of rotatable bonds is 7. The van der Waals surface area contributed by atoms with Gasteiger partial charge in [-0.2, -0.15) is 0 Å². The molecule has 0 radical (unpaired) electrons. The van der Waals surface area contributed by atoms with Crippen LogP contribution in [0.2, 0.25) is 0 Å². The number of hydrogen-bond acceptors (Lipinski definition) is 2. The van der Waals surface area contributed by atoms with E-state index in [1.165, 1.54) is 31.2 Å². The summed E-state index contributed by atoms with van der Waals surface area (Å²) in [5.74, 6) is 0. The molecule has 0 bridgehead atoms. The highest BCUT2D eigenvalue weighted by atomic mass is 14.9. The van der Waals surface area contributed by atoms with Gasteiger partial charge >= 0.3 is 0 Å². The molecule has 1 N–H and O–H groups in total. The van der Waals surface area contributed by atoms with E-state index in [9.17, 15) is 0 Å². The van der Waals surface area contributed by atoms with Crippen LogP contribution in [0.5, 0.6) is 0 Å². The zero-order valence-electron chi connectivity index (χ0n) is 10.7. The fourth-order valence-corrected chi connectivity index (χ4v) is 1.94. The van der Waals surface area contributed by atoms with Gasteiger partial charge in [-0.1, -0.05) is 32.8 Å². The van der Waals surface area contributed by atoms with Crippen LogP contribution in [0, 0.1) is 0 Å². The second kappa shape index (κ2) is 7.39. The van der Waals surface area contributed by atoms with Crippen molar-refractivity contribution in [3.8, 4) is 0 Å². The van der Waals surface area contributed by atoms with Crippen LogP contribution in [0.3, 0.4) is 0 Å². The molecule has 0 spiro atoms. The summed E-state index contributed by atoms with van der Waals surface area (Å²) in [4.78, 5) is 4.16. The van der Waals surface area contributed by atoms with Gasteiger partial charge in [-0.15, -0.1) is 0 Å². The largest absolute Gasteiger partial charge is 0.307 e. The second-order valence-electron chi connectivity index (χ2n) is 4.42. The van der Waals surface area contributed by atoms with Crippen LogP contribution >= 0.6 is 0 Å². The Hall–Kier alpha value is -0.890. The maximum absolute atomic E-state index is 4.16. The number of hydrogen-bond donors (Lipinski definition) is 1. The van der Waals surface area contributed by atoms with Gasteiger partial charge in [-0.25, -0.2) is 0 Å². The van der Waals surface area contributed by atoms with E-state index in [1.807, 2.05) is 18.5 Å². The Kier molecular flexibility index (Phi) is 6.09. The van der Waals surface area contributed by atoms with Crippen molar-refractivity contribution in [2.45, 2.75) is 58.5 Å². The molecule has 1 heterocycles. The molecule has 2 atom stereocenters. The summed E-state index contributed by atoms with van der Waals surface area (Å²) in [7, 11) is 0. The third-order valence-corrected chi connectivity index (χ3v) is 3.07. The van der Waals surface area contributed by atoms with Gasteiger partial charge < -0.3 is 5.32 Å². The second-order valence-corrected chi connectivity index (χ2v) is 4.42. The Balaban J connectivity index is 2.45. The molecule has 0 aliphatic heterocycles.